The SMILES string of the molecule is BC(=O)NBNC(B)=O. The van der Waals surface area contributed by atoms with E-state index in [1.807, 2.05) is 0 Å². The van der Waals surface area contributed by atoms with Crippen LogP contribution in [0.25, 0.3) is 0 Å². The molecule has 2 amide bonds. The normalized spacial score (nSPS) is 7.56. The van der Waals surface area contributed by atoms with Crippen molar-refractivity contribution >= 4 is 34.9 Å². The van der Waals surface area contributed by atoms with Crippen LogP contribution in [0.3, 0.4) is 0 Å². The number of carbonyl (C=O) groups excluding carboxylic acids is 2. The number of hydrogen-bond acceptors (Lipinski definition) is 2. The number of nitrogens with one attached hydrogen (secondary N) is 2. The summed E-state index contributed by atoms with van der Waals surface area (Å²) in [6.45, 7) is 0. The van der Waals surface area contributed by atoms with Gasteiger partial charge in [0, 0.05) is 0 Å². The molecule has 9 heavy (non-hydrogen) atoms. The Labute approximate surface area is 55.9 Å². The molecule has 0 fully saturated rings. The van der Waals surface area contributed by atoms with Crippen LogP contribution in [0.1, 0.15) is 0 Å². The smallest absolute Gasteiger partial charge is 0.354 e. The Bertz CT molecular complexity index is 113. The van der Waals surface area contributed by atoms with Crippen molar-refractivity contribution in [2.45, 2.75) is 0 Å². The zero-order chi connectivity index (χ0) is 7.28. The maximum Gasteiger partial charge on any atom is 0.354 e. The number of rotatable bonds is 2. The molecule has 0 atom stereocenters. The van der Waals surface area contributed by atoms with E-state index in [4.69, 9.17) is 0 Å². The van der Waals surface area contributed by atoms with E-state index in [9.17, 15) is 9.59 Å². The van der Waals surface area contributed by atoms with Gasteiger partial charge in [0.05, 0.1) is 0 Å². The van der Waals surface area contributed by atoms with Crippen LogP contribution >= 0.6 is 0 Å². The fraction of sp³-hybridized carbons (Fsp3) is 0. The predicted molar refractivity (Wildman–Crippen MR) is 41.3 cm³/mol. The van der Waals surface area contributed by atoms with Crippen molar-refractivity contribution in [2.24, 2.45) is 0 Å². The molecule has 0 unspecified atom stereocenters. The summed E-state index contributed by atoms with van der Waals surface area (Å²) in [5.74, 6) is -0.299. The third-order valence-electron chi connectivity index (χ3n) is 0.675. The molecule has 4 nitrogen and oxygen atoms in total. The van der Waals surface area contributed by atoms with Gasteiger partial charge in [-0.05, 0) is 0 Å². The zero-order valence-electron chi connectivity index (χ0n) is 5.52. The van der Waals surface area contributed by atoms with Crippen molar-refractivity contribution in [3.05, 3.63) is 0 Å². The molecule has 0 spiro atoms. The first-order valence-corrected chi connectivity index (χ1v) is 2.62. The first-order chi connectivity index (χ1) is 4.13. The molecule has 46 valence electrons. The number of hydrogen-bond donors (Lipinski definition) is 2. The van der Waals surface area contributed by atoms with E-state index < -0.39 is 0 Å². The Balaban J connectivity index is 3.10. The molecule has 0 aliphatic carbocycles. The second kappa shape index (κ2) is 4.06. The molecule has 0 saturated carbocycles. The van der Waals surface area contributed by atoms with E-state index in [2.05, 4.69) is 10.5 Å². The Hall–Kier alpha value is -0.865. The Morgan fingerprint density at radius 1 is 1.11 bits per heavy atom. The molecule has 2 N–H and O–H groups in total. The van der Waals surface area contributed by atoms with Crippen molar-refractivity contribution in [3.8, 4) is 0 Å². The number of carbonyl (C=O) groups is 2. The maximum atomic E-state index is 10.2. The highest BCUT2D eigenvalue weighted by atomic mass is 16.1. The van der Waals surface area contributed by atoms with Gasteiger partial charge < -0.3 is 10.5 Å². The summed E-state index contributed by atoms with van der Waals surface area (Å²) in [6, 6.07) is 0. The van der Waals surface area contributed by atoms with Crippen LogP contribution in [0.15, 0.2) is 0 Å². The quantitative estimate of drug-likeness (QED) is 0.383. The average molecular weight is 124 g/mol. The maximum absolute atomic E-state index is 10.2. The molecular weight excluding hydrogens is 116 g/mol. The third-order valence-corrected chi connectivity index (χ3v) is 0.675. The Morgan fingerprint density at radius 3 is 1.67 bits per heavy atom. The fourth-order valence-electron chi connectivity index (χ4n) is 0.293. The first-order valence-electron chi connectivity index (χ1n) is 2.62. The minimum atomic E-state index is -0.149. The van der Waals surface area contributed by atoms with Gasteiger partial charge in [0.1, 0.15) is 0 Å². The lowest BCUT2D eigenvalue weighted by atomic mass is 10.0. The van der Waals surface area contributed by atoms with Gasteiger partial charge in [0.15, 0.2) is 11.6 Å². The standard InChI is InChI=1S/C2H7B3N2O2/c3-1(8)6-5-7-2(4)9/h5H,3-4H2,(H,6,8)(H,7,9). The second-order valence-electron chi connectivity index (χ2n) is 1.64. The van der Waals surface area contributed by atoms with Crippen LogP contribution in [0.5, 0.6) is 0 Å². The van der Waals surface area contributed by atoms with Crippen LogP contribution in [0.4, 0.5) is 9.59 Å². The molecule has 0 heterocycles. The summed E-state index contributed by atoms with van der Waals surface area (Å²) in [6.07, 6.45) is 0. The summed E-state index contributed by atoms with van der Waals surface area (Å²) < 4.78 is 0. The van der Waals surface area contributed by atoms with Crippen molar-refractivity contribution in [1.82, 2.24) is 10.5 Å². The fourth-order valence-corrected chi connectivity index (χ4v) is 0.293. The van der Waals surface area contributed by atoms with Crippen molar-refractivity contribution < 1.29 is 9.59 Å². The van der Waals surface area contributed by atoms with Gasteiger partial charge in [-0.25, -0.2) is 0 Å². The van der Waals surface area contributed by atoms with Gasteiger partial charge in [0.25, 0.3) is 0 Å². The van der Waals surface area contributed by atoms with Crippen LogP contribution in [-0.2, 0) is 0 Å². The Morgan fingerprint density at radius 2 is 1.44 bits per heavy atom. The summed E-state index contributed by atoms with van der Waals surface area (Å²) >= 11 is 0. The minimum absolute atomic E-state index is 0.149. The van der Waals surface area contributed by atoms with Crippen LogP contribution in [-0.4, -0.2) is 34.9 Å². The predicted octanol–water partition coefficient (Wildman–Crippen LogP) is -3.06. The van der Waals surface area contributed by atoms with Crippen molar-refractivity contribution in [2.75, 3.05) is 0 Å². The highest BCUT2D eigenvalue weighted by Gasteiger charge is 1.93. The lowest BCUT2D eigenvalue weighted by Gasteiger charge is -1.98. The van der Waals surface area contributed by atoms with E-state index in [0.717, 1.165) is 0 Å². The van der Waals surface area contributed by atoms with Crippen LogP contribution < -0.4 is 10.5 Å². The van der Waals surface area contributed by atoms with E-state index in [1.165, 1.54) is 15.7 Å². The van der Waals surface area contributed by atoms with Gasteiger partial charge in [-0.15, -0.1) is 0 Å². The second-order valence-corrected chi connectivity index (χ2v) is 1.64. The topological polar surface area (TPSA) is 58.2 Å². The van der Waals surface area contributed by atoms with Crippen LogP contribution in [0, 0.1) is 0 Å². The van der Waals surface area contributed by atoms with E-state index >= 15 is 0 Å². The molecule has 0 aliphatic rings. The van der Waals surface area contributed by atoms with Gasteiger partial charge >= 0.3 is 7.55 Å². The third kappa shape index (κ3) is 7.13. The van der Waals surface area contributed by atoms with Crippen molar-refractivity contribution in [3.63, 3.8) is 0 Å². The van der Waals surface area contributed by atoms with Gasteiger partial charge in [-0.3, -0.25) is 9.59 Å². The summed E-state index contributed by atoms with van der Waals surface area (Å²) in [4.78, 5) is 20.3. The molecule has 0 saturated heterocycles. The molecule has 7 heteroatoms. The van der Waals surface area contributed by atoms with E-state index in [1.54, 1.807) is 0 Å². The molecule has 0 aromatic rings. The lowest BCUT2D eigenvalue weighted by Crippen LogP contribution is -2.39. The van der Waals surface area contributed by atoms with E-state index in [0.29, 0.717) is 0 Å². The van der Waals surface area contributed by atoms with E-state index in [-0.39, 0.29) is 19.2 Å². The van der Waals surface area contributed by atoms with Gasteiger partial charge in [-0.2, -0.15) is 0 Å². The monoisotopic (exact) mass is 124 g/mol. The molecule has 0 radical (unpaired) electrons. The molecule has 0 aromatic heterocycles. The minimum Gasteiger partial charge on any atom is -0.392 e. The largest absolute Gasteiger partial charge is 0.392 e. The van der Waals surface area contributed by atoms with Gasteiger partial charge in [-0.1, -0.05) is 0 Å². The zero-order valence-corrected chi connectivity index (χ0v) is 5.52. The van der Waals surface area contributed by atoms with Crippen molar-refractivity contribution in [1.29, 1.82) is 0 Å². The Kier molecular flexibility index (Phi) is 3.67. The summed E-state index contributed by atoms with van der Waals surface area (Å²) in [5.41, 5.74) is 0. The molecule has 0 bridgehead atoms. The molecule has 0 aromatic carbocycles. The highest BCUT2D eigenvalue weighted by molar-refractivity contribution is 6.65. The number of amides is 2. The summed E-state index contributed by atoms with van der Waals surface area (Å²) in [5, 5.41) is 4.81. The molecular formula is C2H7B3N2O2. The summed E-state index contributed by atoms with van der Waals surface area (Å²) in [7, 11) is 2.99. The lowest BCUT2D eigenvalue weighted by molar-refractivity contribution is 0.262. The first kappa shape index (κ1) is 8.13. The highest BCUT2D eigenvalue weighted by Crippen LogP contribution is 1.55. The molecule has 0 aliphatic heterocycles. The van der Waals surface area contributed by atoms with Crippen LogP contribution in [0.2, 0.25) is 0 Å². The van der Waals surface area contributed by atoms with Gasteiger partial charge in [0.2, 0.25) is 15.7 Å². The average Bonchev–Trinajstić information content (AvgIpc) is 1.63. The molecule has 0 rings (SSSR count).